The van der Waals surface area contributed by atoms with Gasteiger partial charge in [0.1, 0.15) is 19.8 Å². The molecule has 0 aromatic rings. The summed E-state index contributed by atoms with van der Waals surface area (Å²) in [5, 5.41) is 0. The van der Waals surface area contributed by atoms with Crippen LogP contribution in [0.25, 0.3) is 0 Å². The first-order chi connectivity index (χ1) is 41.0. The molecule has 480 valence electrons. The Bertz CT molecular complexity index is 1880. The van der Waals surface area contributed by atoms with Crippen molar-refractivity contribution in [1.82, 2.24) is 0 Å². The molecule has 0 saturated carbocycles. The van der Waals surface area contributed by atoms with E-state index in [2.05, 4.69) is 148 Å². The number of phosphoric acid groups is 1. The second kappa shape index (κ2) is 63.6. The predicted octanol–water partition coefficient (Wildman–Crippen LogP) is 22.0. The third kappa shape index (κ3) is 67.3. The monoisotopic (exact) mass is 1190 g/mol. The van der Waals surface area contributed by atoms with Gasteiger partial charge in [-0.2, -0.15) is 0 Å². The molecule has 0 aromatic carbocycles. The molecule has 2 atom stereocenters. The van der Waals surface area contributed by atoms with Crippen LogP contribution in [0, 0.1) is 0 Å². The van der Waals surface area contributed by atoms with Crippen molar-refractivity contribution in [2.45, 2.75) is 277 Å². The molecule has 10 heteroatoms. The Morgan fingerprint density at radius 2 is 0.643 bits per heavy atom. The van der Waals surface area contributed by atoms with Gasteiger partial charge >= 0.3 is 19.8 Å². The maximum absolute atomic E-state index is 12.9. The van der Waals surface area contributed by atoms with Crippen LogP contribution >= 0.6 is 7.82 Å². The van der Waals surface area contributed by atoms with Crippen LogP contribution in [-0.2, 0) is 32.7 Å². The Labute approximate surface area is 517 Å². The summed E-state index contributed by atoms with van der Waals surface area (Å²) in [6.07, 6.45) is 92.8. The SMILES string of the molecule is CC/C=C\C/C=C\C/C=C\C/C=C\C/C=C\C/C=C\CCCCCCCCCCCCCCCCCCCCCCCCC(=O)OC(COC(=O)CCCCC/C=C\C/C=C\C/C=C\C/C=C\C/C=C\CC)COP(=O)(O)OCC[N+](C)(C)C. The average molecular weight is 1190 g/mol. The molecule has 0 radical (unpaired) electrons. The fraction of sp³-hybridized carbons (Fsp3) is 0.676. The van der Waals surface area contributed by atoms with Gasteiger partial charge in [0.05, 0.1) is 27.7 Å². The summed E-state index contributed by atoms with van der Waals surface area (Å²) < 4.78 is 34.6. The van der Waals surface area contributed by atoms with Gasteiger partial charge in [0.2, 0.25) is 0 Å². The molecule has 0 amide bonds. The predicted molar refractivity (Wildman–Crippen MR) is 362 cm³/mol. The molecule has 0 bridgehead atoms. The first-order valence-corrected chi connectivity index (χ1v) is 35.4. The van der Waals surface area contributed by atoms with Gasteiger partial charge in [-0.1, -0.05) is 282 Å². The summed E-state index contributed by atoms with van der Waals surface area (Å²) in [5.74, 6) is -0.834. The Kier molecular flexibility index (Phi) is 60.7. The zero-order chi connectivity index (χ0) is 61.2. The van der Waals surface area contributed by atoms with Crippen LogP contribution in [0.1, 0.15) is 271 Å². The van der Waals surface area contributed by atoms with E-state index in [1.165, 1.54) is 122 Å². The zero-order valence-corrected chi connectivity index (χ0v) is 55.5. The zero-order valence-electron chi connectivity index (χ0n) is 54.6. The lowest BCUT2D eigenvalue weighted by Crippen LogP contribution is -2.37. The Morgan fingerprint density at radius 1 is 0.369 bits per heavy atom. The van der Waals surface area contributed by atoms with E-state index in [-0.39, 0.29) is 26.1 Å². The van der Waals surface area contributed by atoms with Crippen LogP contribution in [0.2, 0.25) is 0 Å². The lowest BCUT2D eigenvalue weighted by molar-refractivity contribution is -0.870. The molecule has 0 rings (SSSR count). The van der Waals surface area contributed by atoms with Crippen LogP contribution in [0.15, 0.2) is 134 Å². The normalized spacial score (nSPS) is 14.0. The van der Waals surface area contributed by atoms with Crippen molar-refractivity contribution in [1.29, 1.82) is 0 Å². The smallest absolute Gasteiger partial charge is 0.462 e. The third-order valence-corrected chi connectivity index (χ3v) is 15.2. The van der Waals surface area contributed by atoms with Crippen molar-refractivity contribution in [3.8, 4) is 0 Å². The fourth-order valence-electron chi connectivity index (χ4n) is 9.05. The highest BCUT2D eigenvalue weighted by atomic mass is 31.2. The van der Waals surface area contributed by atoms with Crippen molar-refractivity contribution in [3.63, 3.8) is 0 Å². The standard InChI is InChI=1S/C74H126NO8P/c1-6-8-10-12-14-16-18-20-22-24-26-27-28-29-30-31-32-33-34-35-36-37-38-39-40-41-42-43-44-45-46-47-49-51-53-55-57-59-61-63-65-67-74(77)83-72(71-82-84(78,79)81-69-68-75(3,4)5)70-80-73(76)66-64-62-60-58-56-54-52-50-48-25-23-21-19-17-15-13-11-9-7-2/h8-11,14-17,20-23,26-27,29-30,32-33,48,50,54,56,72H,6-7,12-13,18-19,24-25,28,31,34-47,49,51-53,55,57-71H2,1-5H3/p+1/b10-8-,11-9-,16-14-,17-15-,22-20-,23-21-,27-26-,30-29-,33-32-,50-48-,56-54-. The minimum atomic E-state index is -4.40. The van der Waals surface area contributed by atoms with Crippen LogP contribution in [0.3, 0.4) is 0 Å². The molecular formula is C74H127NO8P+. The lowest BCUT2D eigenvalue weighted by atomic mass is 10.0. The second-order valence-corrected chi connectivity index (χ2v) is 24.9. The minimum absolute atomic E-state index is 0.0217. The maximum atomic E-state index is 12.9. The van der Waals surface area contributed by atoms with Crippen molar-refractivity contribution >= 4 is 19.8 Å². The van der Waals surface area contributed by atoms with Crippen LogP contribution in [0.5, 0.6) is 0 Å². The van der Waals surface area contributed by atoms with Crippen LogP contribution in [0.4, 0.5) is 0 Å². The number of hydrogen-bond donors (Lipinski definition) is 1. The maximum Gasteiger partial charge on any atom is 0.472 e. The van der Waals surface area contributed by atoms with Gasteiger partial charge in [0.25, 0.3) is 0 Å². The summed E-state index contributed by atoms with van der Waals surface area (Å²) in [4.78, 5) is 35.8. The number of quaternary nitrogens is 1. The summed E-state index contributed by atoms with van der Waals surface area (Å²) >= 11 is 0. The van der Waals surface area contributed by atoms with Gasteiger partial charge in [-0.25, -0.2) is 4.57 Å². The number of unbranched alkanes of at least 4 members (excludes halogenated alkanes) is 25. The molecule has 0 aromatic heterocycles. The third-order valence-electron chi connectivity index (χ3n) is 14.2. The number of hydrogen-bond acceptors (Lipinski definition) is 7. The average Bonchev–Trinajstić information content (AvgIpc) is 3.61. The van der Waals surface area contributed by atoms with Crippen LogP contribution < -0.4 is 0 Å². The van der Waals surface area contributed by atoms with Crippen molar-refractivity contribution in [2.24, 2.45) is 0 Å². The van der Waals surface area contributed by atoms with Gasteiger partial charge in [0.15, 0.2) is 6.10 Å². The quantitative estimate of drug-likeness (QED) is 0.0211. The van der Waals surface area contributed by atoms with Crippen molar-refractivity contribution in [2.75, 3.05) is 47.5 Å². The van der Waals surface area contributed by atoms with Gasteiger partial charge < -0.3 is 18.9 Å². The van der Waals surface area contributed by atoms with Crippen molar-refractivity contribution in [3.05, 3.63) is 134 Å². The molecule has 0 fully saturated rings. The summed E-state index contributed by atoms with van der Waals surface area (Å²) in [6, 6.07) is 0. The Balaban J connectivity index is 3.99. The number of ether oxygens (including phenoxy) is 2. The summed E-state index contributed by atoms with van der Waals surface area (Å²) in [6.45, 7) is 4.17. The molecule has 0 aliphatic heterocycles. The van der Waals surface area contributed by atoms with E-state index < -0.39 is 32.5 Å². The van der Waals surface area contributed by atoms with Gasteiger partial charge in [-0.3, -0.25) is 18.6 Å². The first kappa shape index (κ1) is 80.2. The van der Waals surface area contributed by atoms with E-state index in [0.717, 1.165) is 109 Å². The highest BCUT2D eigenvalue weighted by Crippen LogP contribution is 2.43. The number of esters is 2. The van der Waals surface area contributed by atoms with E-state index in [1.54, 1.807) is 0 Å². The molecule has 1 N–H and O–H groups in total. The van der Waals surface area contributed by atoms with Gasteiger partial charge in [-0.05, 0) is 109 Å². The number of phosphoric ester groups is 1. The molecule has 0 aliphatic rings. The summed E-state index contributed by atoms with van der Waals surface area (Å²) in [5.41, 5.74) is 0. The highest BCUT2D eigenvalue weighted by Gasteiger charge is 2.27. The number of rotatable bonds is 61. The minimum Gasteiger partial charge on any atom is -0.462 e. The molecule has 0 aliphatic carbocycles. The molecular weight excluding hydrogens is 1060 g/mol. The van der Waals surface area contributed by atoms with E-state index in [9.17, 15) is 19.0 Å². The topological polar surface area (TPSA) is 108 Å². The van der Waals surface area contributed by atoms with E-state index >= 15 is 0 Å². The molecule has 0 spiro atoms. The van der Waals surface area contributed by atoms with Crippen LogP contribution in [-0.4, -0.2) is 74.9 Å². The Morgan fingerprint density at radius 3 is 0.964 bits per heavy atom. The fourth-order valence-corrected chi connectivity index (χ4v) is 9.79. The largest absolute Gasteiger partial charge is 0.472 e. The number of likely N-dealkylation sites (N-methyl/N-ethyl adjacent to an activating group) is 1. The lowest BCUT2D eigenvalue weighted by Gasteiger charge is -2.24. The Hall–Kier alpha value is -3.85. The molecule has 0 saturated heterocycles. The first-order valence-electron chi connectivity index (χ1n) is 33.9. The molecule has 0 heterocycles. The van der Waals surface area contributed by atoms with Gasteiger partial charge in [0, 0.05) is 12.8 Å². The molecule has 9 nitrogen and oxygen atoms in total. The molecule has 84 heavy (non-hydrogen) atoms. The number of carbonyl (C=O) groups is 2. The van der Waals surface area contributed by atoms with E-state index in [4.69, 9.17) is 18.5 Å². The van der Waals surface area contributed by atoms with Crippen molar-refractivity contribution < 1.29 is 42.1 Å². The molecule has 2 unspecified atom stereocenters. The second-order valence-electron chi connectivity index (χ2n) is 23.4. The number of allylic oxidation sites excluding steroid dienone is 22. The summed E-state index contributed by atoms with van der Waals surface area (Å²) in [7, 11) is 1.45. The van der Waals surface area contributed by atoms with E-state index in [0.29, 0.717) is 23.9 Å². The number of carbonyl (C=O) groups excluding carboxylic acids is 2. The number of nitrogens with zero attached hydrogens (tertiary/aromatic N) is 1. The highest BCUT2D eigenvalue weighted by molar-refractivity contribution is 7.47. The van der Waals surface area contributed by atoms with Gasteiger partial charge in [-0.15, -0.1) is 0 Å². The van der Waals surface area contributed by atoms with E-state index in [1.807, 2.05) is 21.1 Å².